The normalized spacial score (nSPS) is 11.6. The van der Waals surface area contributed by atoms with Crippen molar-refractivity contribution in [1.29, 1.82) is 0 Å². The molecular weight excluding hydrogens is 362 g/mol. The van der Waals surface area contributed by atoms with Gasteiger partial charge in [0.05, 0.1) is 6.26 Å². The number of thioether (sulfide) groups is 1. The predicted molar refractivity (Wildman–Crippen MR) is 110 cm³/mol. The maximum absolute atomic E-state index is 12.5. The minimum Gasteiger partial charge on any atom is -0.459 e. The maximum Gasteiger partial charge on any atom is 0.287 e. The Morgan fingerprint density at radius 2 is 1.96 bits per heavy atom. The van der Waals surface area contributed by atoms with Gasteiger partial charge in [-0.1, -0.05) is 18.2 Å². The lowest BCUT2D eigenvalue weighted by Crippen LogP contribution is -2.47. The highest BCUT2D eigenvalue weighted by molar-refractivity contribution is 7.98. The number of hydrogen-bond donors (Lipinski definition) is 2. The van der Waals surface area contributed by atoms with E-state index in [4.69, 9.17) is 4.42 Å². The highest BCUT2D eigenvalue weighted by atomic mass is 32.2. The van der Waals surface area contributed by atoms with Crippen LogP contribution < -0.4 is 15.5 Å². The van der Waals surface area contributed by atoms with Gasteiger partial charge in [0.1, 0.15) is 6.04 Å². The minimum atomic E-state index is -0.568. The van der Waals surface area contributed by atoms with E-state index in [1.165, 1.54) is 6.26 Å². The number of furan rings is 1. The molecule has 0 unspecified atom stereocenters. The van der Waals surface area contributed by atoms with Gasteiger partial charge in [0, 0.05) is 25.8 Å². The molecule has 0 spiro atoms. The van der Waals surface area contributed by atoms with Crippen LogP contribution in [0.15, 0.2) is 53.1 Å². The van der Waals surface area contributed by atoms with Gasteiger partial charge in [-0.2, -0.15) is 11.8 Å². The molecule has 1 atom stereocenters. The molecule has 6 nitrogen and oxygen atoms in total. The molecule has 0 saturated heterocycles. The summed E-state index contributed by atoms with van der Waals surface area (Å²) >= 11 is 1.64. The first-order valence-electron chi connectivity index (χ1n) is 8.99. The molecule has 0 bridgehead atoms. The Morgan fingerprint density at radius 3 is 2.63 bits per heavy atom. The Labute approximate surface area is 164 Å². The van der Waals surface area contributed by atoms with Gasteiger partial charge in [-0.05, 0) is 49.1 Å². The first-order chi connectivity index (χ1) is 13.1. The third-order valence-electron chi connectivity index (χ3n) is 4.14. The van der Waals surface area contributed by atoms with Crippen molar-refractivity contribution in [2.45, 2.75) is 18.9 Å². The lowest BCUT2D eigenvalue weighted by Gasteiger charge is -2.20. The second-order valence-electron chi connectivity index (χ2n) is 6.19. The summed E-state index contributed by atoms with van der Waals surface area (Å²) in [5.74, 6) is 0.464. The van der Waals surface area contributed by atoms with E-state index in [0.717, 1.165) is 24.4 Å². The summed E-state index contributed by atoms with van der Waals surface area (Å²) in [6, 6.07) is 12.8. The van der Waals surface area contributed by atoms with Gasteiger partial charge in [-0.3, -0.25) is 9.59 Å². The Balaban J connectivity index is 1.78. The summed E-state index contributed by atoms with van der Waals surface area (Å²) in [7, 11) is 2.03. The third-order valence-corrected chi connectivity index (χ3v) is 4.79. The average Bonchev–Trinajstić information content (AvgIpc) is 3.23. The second kappa shape index (κ2) is 11.3. The van der Waals surface area contributed by atoms with Crippen LogP contribution in [-0.2, 0) is 4.79 Å². The lowest BCUT2D eigenvalue weighted by atomic mass is 10.2. The molecule has 146 valence electrons. The number of rotatable bonds is 11. The van der Waals surface area contributed by atoms with Crippen molar-refractivity contribution in [1.82, 2.24) is 10.6 Å². The zero-order valence-electron chi connectivity index (χ0n) is 15.8. The fourth-order valence-corrected chi connectivity index (χ4v) is 3.08. The maximum atomic E-state index is 12.5. The molecule has 0 fully saturated rings. The molecule has 7 heteroatoms. The molecule has 0 saturated carbocycles. The van der Waals surface area contributed by atoms with E-state index in [1.807, 2.05) is 31.5 Å². The SMILES string of the molecule is CSCC[C@H](NC(=O)c1ccco1)C(=O)NCCCN(C)c1ccccc1. The quantitative estimate of drug-likeness (QED) is 0.578. The summed E-state index contributed by atoms with van der Waals surface area (Å²) in [5, 5.41) is 5.69. The van der Waals surface area contributed by atoms with Crippen LogP contribution in [-0.4, -0.2) is 50.0 Å². The van der Waals surface area contributed by atoms with Gasteiger partial charge >= 0.3 is 0 Å². The number of para-hydroxylation sites is 1. The van der Waals surface area contributed by atoms with Crippen molar-refractivity contribution in [3.63, 3.8) is 0 Å². The van der Waals surface area contributed by atoms with Gasteiger partial charge in [0.15, 0.2) is 5.76 Å². The van der Waals surface area contributed by atoms with Crippen LogP contribution in [0.4, 0.5) is 5.69 Å². The minimum absolute atomic E-state index is 0.161. The molecular formula is C20H27N3O3S. The number of nitrogens with zero attached hydrogens (tertiary/aromatic N) is 1. The van der Waals surface area contributed by atoms with E-state index in [-0.39, 0.29) is 17.6 Å². The number of nitrogens with one attached hydrogen (secondary N) is 2. The lowest BCUT2D eigenvalue weighted by molar-refractivity contribution is -0.123. The molecule has 1 heterocycles. The molecule has 0 aliphatic carbocycles. The molecule has 2 aromatic rings. The van der Waals surface area contributed by atoms with E-state index in [0.29, 0.717) is 13.0 Å². The molecule has 1 aromatic carbocycles. The Hall–Kier alpha value is -2.41. The van der Waals surface area contributed by atoms with Crippen LogP contribution in [0.5, 0.6) is 0 Å². The molecule has 0 radical (unpaired) electrons. The summed E-state index contributed by atoms with van der Waals surface area (Å²) in [6.45, 7) is 1.39. The second-order valence-corrected chi connectivity index (χ2v) is 7.17. The summed E-state index contributed by atoms with van der Waals surface area (Å²) in [5.41, 5.74) is 1.15. The number of benzene rings is 1. The first kappa shape index (κ1) is 20.9. The smallest absolute Gasteiger partial charge is 0.287 e. The number of anilines is 1. The fourth-order valence-electron chi connectivity index (χ4n) is 2.60. The Kier molecular flexibility index (Phi) is 8.77. The molecule has 0 aliphatic heterocycles. The number of carbonyl (C=O) groups is 2. The molecule has 0 aliphatic rings. The van der Waals surface area contributed by atoms with Crippen molar-refractivity contribution in [3.05, 3.63) is 54.5 Å². The monoisotopic (exact) mass is 389 g/mol. The molecule has 2 N–H and O–H groups in total. The van der Waals surface area contributed by atoms with Gasteiger partial charge in [-0.25, -0.2) is 0 Å². The standard InChI is InChI=1S/C20H27N3O3S/c1-23(16-8-4-3-5-9-16)13-7-12-21-19(24)17(11-15-27-2)22-20(25)18-10-6-14-26-18/h3-6,8-10,14,17H,7,11-13,15H2,1-2H3,(H,21,24)(H,22,25)/t17-/m0/s1. The van der Waals surface area contributed by atoms with Gasteiger partial charge < -0.3 is 20.0 Å². The molecule has 2 rings (SSSR count). The van der Waals surface area contributed by atoms with Crippen molar-refractivity contribution < 1.29 is 14.0 Å². The van der Waals surface area contributed by atoms with Gasteiger partial charge in [0.25, 0.3) is 5.91 Å². The van der Waals surface area contributed by atoms with E-state index in [1.54, 1.807) is 23.9 Å². The first-order valence-corrected chi connectivity index (χ1v) is 10.4. The Morgan fingerprint density at radius 1 is 1.19 bits per heavy atom. The van der Waals surface area contributed by atoms with E-state index in [9.17, 15) is 9.59 Å². The number of carbonyl (C=O) groups excluding carboxylic acids is 2. The van der Waals surface area contributed by atoms with Crippen LogP contribution in [0.2, 0.25) is 0 Å². The predicted octanol–water partition coefficient (Wildman–Crippen LogP) is 2.77. The van der Waals surface area contributed by atoms with Gasteiger partial charge in [0.2, 0.25) is 5.91 Å². The number of hydrogen-bond acceptors (Lipinski definition) is 5. The van der Waals surface area contributed by atoms with Crippen LogP contribution in [0.1, 0.15) is 23.4 Å². The number of amides is 2. The van der Waals surface area contributed by atoms with Crippen molar-refractivity contribution >= 4 is 29.3 Å². The van der Waals surface area contributed by atoms with Crippen LogP contribution in [0, 0.1) is 0 Å². The molecule has 27 heavy (non-hydrogen) atoms. The van der Waals surface area contributed by atoms with E-state index >= 15 is 0 Å². The topological polar surface area (TPSA) is 74.6 Å². The summed E-state index contributed by atoms with van der Waals surface area (Å²) < 4.78 is 5.09. The Bertz CT molecular complexity index is 692. The average molecular weight is 390 g/mol. The van der Waals surface area contributed by atoms with Gasteiger partial charge in [-0.15, -0.1) is 0 Å². The third kappa shape index (κ3) is 7.02. The van der Waals surface area contributed by atoms with Crippen molar-refractivity contribution in [3.8, 4) is 0 Å². The van der Waals surface area contributed by atoms with E-state index < -0.39 is 6.04 Å². The highest BCUT2D eigenvalue weighted by Gasteiger charge is 2.21. The molecule has 1 aromatic heterocycles. The van der Waals surface area contributed by atoms with Crippen molar-refractivity contribution in [2.75, 3.05) is 37.0 Å². The fraction of sp³-hybridized carbons (Fsp3) is 0.400. The van der Waals surface area contributed by atoms with Crippen LogP contribution in [0.25, 0.3) is 0 Å². The summed E-state index contributed by atoms with van der Waals surface area (Å²) in [4.78, 5) is 26.8. The van der Waals surface area contributed by atoms with Crippen molar-refractivity contribution in [2.24, 2.45) is 0 Å². The van der Waals surface area contributed by atoms with E-state index in [2.05, 4.69) is 27.7 Å². The molecule has 2 amide bonds. The zero-order chi connectivity index (χ0) is 19.5. The largest absolute Gasteiger partial charge is 0.459 e. The van der Waals surface area contributed by atoms with Crippen LogP contribution >= 0.6 is 11.8 Å². The highest BCUT2D eigenvalue weighted by Crippen LogP contribution is 2.10. The zero-order valence-corrected chi connectivity index (χ0v) is 16.6. The summed E-state index contributed by atoms with van der Waals surface area (Å²) in [6.07, 6.45) is 4.81. The van der Waals surface area contributed by atoms with Crippen LogP contribution in [0.3, 0.4) is 0 Å².